The Morgan fingerprint density at radius 2 is 1.80 bits per heavy atom. The number of esters is 1. The van der Waals surface area contributed by atoms with Crippen molar-refractivity contribution in [2.45, 2.75) is 46.4 Å². The topological polar surface area (TPSA) is 88.4 Å². The fourth-order valence-corrected chi connectivity index (χ4v) is 6.54. The zero-order valence-corrected chi connectivity index (χ0v) is 27.8. The molecule has 0 saturated heterocycles. The van der Waals surface area contributed by atoms with E-state index in [-0.39, 0.29) is 30.5 Å². The summed E-state index contributed by atoms with van der Waals surface area (Å²) < 4.78 is 25.0. The zero-order valence-electron chi connectivity index (χ0n) is 25.4. The number of aromatic nitrogens is 1. The van der Waals surface area contributed by atoms with Crippen LogP contribution in [-0.4, -0.2) is 30.4 Å². The number of rotatable bonds is 10. The molecule has 0 spiro atoms. The molecule has 1 aromatic heterocycles. The molecule has 1 aliphatic rings. The smallest absolute Gasteiger partial charge is 0.338 e. The third-order valence-corrected chi connectivity index (χ3v) is 8.61. The first-order chi connectivity index (χ1) is 21.6. The molecule has 1 aliphatic heterocycles. The fourth-order valence-electron chi connectivity index (χ4n) is 5.03. The molecule has 4 aromatic rings. The van der Waals surface area contributed by atoms with Crippen LogP contribution in [0.2, 0.25) is 10.0 Å². The monoisotopic (exact) mass is 666 g/mol. The number of fused-ring (bicyclic) bond motifs is 1. The second kappa shape index (κ2) is 13.9. The van der Waals surface area contributed by atoms with Crippen molar-refractivity contribution in [2.24, 2.45) is 4.99 Å². The van der Waals surface area contributed by atoms with E-state index in [0.717, 1.165) is 5.56 Å². The average molecular weight is 668 g/mol. The Labute approximate surface area is 274 Å². The number of carbonyl (C=O) groups excluding carboxylic acids is 1. The minimum atomic E-state index is -0.809. The van der Waals surface area contributed by atoms with Crippen molar-refractivity contribution < 1.29 is 23.7 Å². The van der Waals surface area contributed by atoms with E-state index in [9.17, 15) is 9.59 Å². The molecule has 3 aromatic carbocycles. The molecule has 0 amide bonds. The van der Waals surface area contributed by atoms with Crippen LogP contribution >= 0.6 is 34.5 Å². The first-order valence-corrected chi connectivity index (χ1v) is 15.9. The van der Waals surface area contributed by atoms with Gasteiger partial charge in [-0.25, -0.2) is 9.79 Å². The number of carbonyl (C=O) groups is 1. The summed E-state index contributed by atoms with van der Waals surface area (Å²) in [6.07, 6.45) is 1.59. The second-order valence-corrected chi connectivity index (χ2v) is 12.2. The fraction of sp³-hybridized carbons (Fsp3) is 0.265. The van der Waals surface area contributed by atoms with Crippen LogP contribution < -0.4 is 29.1 Å². The highest BCUT2D eigenvalue weighted by atomic mass is 35.5. The largest absolute Gasteiger partial charge is 0.493 e. The number of para-hydroxylation sites is 1. The maximum atomic E-state index is 14.1. The van der Waals surface area contributed by atoms with Crippen LogP contribution in [0.25, 0.3) is 6.08 Å². The summed E-state index contributed by atoms with van der Waals surface area (Å²) in [5, 5.41) is 0.885. The van der Waals surface area contributed by atoms with Gasteiger partial charge in [-0.2, -0.15) is 0 Å². The molecule has 0 bridgehead atoms. The van der Waals surface area contributed by atoms with E-state index in [1.54, 1.807) is 38.1 Å². The molecule has 234 valence electrons. The number of ether oxygens (including phenoxy) is 4. The van der Waals surface area contributed by atoms with Crippen LogP contribution in [0.15, 0.2) is 81.7 Å². The van der Waals surface area contributed by atoms with E-state index in [2.05, 4.69) is 4.99 Å². The lowest BCUT2D eigenvalue weighted by molar-refractivity contribution is -0.139. The lowest BCUT2D eigenvalue weighted by Crippen LogP contribution is -2.40. The van der Waals surface area contributed by atoms with Crippen LogP contribution in [0, 0.1) is 0 Å². The summed E-state index contributed by atoms with van der Waals surface area (Å²) >= 11 is 14.2. The number of nitrogens with zero attached hydrogens (tertiary/aromatic N) is 2. The van der Waals surface area contributed by atoms with Crippen molar-refractivity contribution in [3.63, 3.8) is 0 Å². The van der Waals surface area contributed by atoms with Gasteiger partial charge in [-0.3, -0.25) is 9.36 Å². The average Bonchev–Trinajstić information content (AvgIpc) is 3.30. The van der Waals surface area contributed by atoms with Crippen molar-refractivity contribution in [1.82, 2.24) is 4.57 Å². The third kappa shape index (κ3) is 6.81. The highest BCUT2D eigenvalue weighted by Gasteiger charge is 2.35. The van der Waals surface area contributed by atoms with Crippen LogP contribution in [0.4, 0.5) is 0 Å². The minimum Gasteiger partial charge on any atom is -0.493 e. The van der Waals surface area contributed by atoms with Gasteiger partial charge in [0, 0.05) is 16.1 Å². The molecule has 0 unspecified atom stereocenters. The Bertz CT molecular complexity index is 1960. The van der Waals surface area contributed by atoms with Crippen molar-refractivity contribution in [2.75, 3.05) is 13.7 Å². The summed E-state index contributed by atoms with van der Waals surface area (Å²) in [6.45, 7) is 7.69. The summed E-state index contributed by atoms with van der Waals surface area (Å²) in [4.78, 5) is 32.5. The molecule has 0 saturated carbocycles. The highest BCUT2D eigenvalue weighted by Crippen LogP contribution is 2.38. The van der Waals surface area contributed by atoms with E-state index in [4.69, 9.17) is 42.1 Å². The van der Waals surface area contributed by atoms with Gasteiger partial charge >= 0.3 is 5.97 Å². The Kier molecular flexibility index (Phi) is 10.0. The number of hydrogen-bond acceptors (Lipinski definition) is 8. The summed E-state index contributed by atoms with van der Waals surface area (Å²) in [5.74, 6) is 0.773. The van der Waals surface area contributed by atoms with Gasteiger partial charge in [-0.05, 0) is 63.6 Å². The van der Waals surface area contributed by atoms with Crippen molar-refractivity contribution in [3.05, 3.63) is 118 Å². The van der Waals surface area contributed by atoms with E-state index in [1.165, 1.54) is 23.0 Å². The maximum absolute atomic E-state index is 14.1. The van der Waals surface area contributed by atoms with Gasteiger partial charge in [0.05, 0.1) is 40.6 Å². The maximum Gasteiger partial charge on any atom is 0.338 e. The van der Waals surface area contributed by atoms with Crippen LogP contribution in [0.5, 0.6) is 17.2 Å². The predicted octanol–water partition coefficient (Wildman–Crippen LogP) is 6.48. The van der Waals surface area contributed by atoms with E-state index < -0.39 is 12.0 Å². The Hall–Kier alpha value is -4.05. The summed E-state index contributed by atoms with van der Waals surface area (Å²) in [6, 6.07) is 17.4. The molecule has 2 heterocycles. The zero-order chi connectivity index (χ0) is 32.2. The first-order valence-electron chi connectivity index (χ1n) is 14.3. The second-order valence-electron chi connectivity index (χ2n) is 10.4. The molecule has 5 rings (SSSR count). The molecule has 45 heavy (non-hydrogen) atoms. The van der Waals surface area contributed by atoms with Crippen LogP contribution in [0.1, 0.15) is 50.4 Å². The molecule has 0 fully saturated rings. The van der Waals surface area contributed by atoms with Gasteiger partial charge in [-0.15, -0.1) is 0 Å². The summed E-state index contributed by atoms with van der Waals surface area (Å²) in [7, 11) is 1.52. The number of thiazole rings is 1. The van der Waals surface area contributed by atoms with Gasteiger partial charge < -0.3 is 18.9 Å². The molecule has 0 N–H and O–H groups in total. The van der Waals surface area contributed by atoms with Crippen molar-refractivity contribution in [1.29, 1.82) is 0 Å². The number of allylic oxidation sites excluding steroid dienone is 1. The Morgan fingerprint density at radius 1 is 1.07 bits per heavy atom. The van der Waals surface area contributed by atoms with Gasteiger partial charge in [0.15, 0.2) is 16.3 Å². The first kappa shape index (κ1) is 32.3. The normalized spacial score (nSPS) is 14.7. The number of benzene rings is 3. The molecule has 8 nitrogen and oxygen atoms in total. The van der Waals surface area contributed by atoms with Crippen molar-refractivity contribution >= 4 is 46.6 Å². The molecule has 11 heteroatoms. The molecule has 1 atom stereocenters. The minimum absolute atomic E-state index is 0.130. The van der Waals surface area contributed by atoms with Crippen molar-refractivity contribution in [3.8, 4) is 17.2 Å². The number of halogens is 2. The SMILES string of the molecule is CCOC(=O)C1=C(C)N=c2s/c(=C/c3cc(Cl)c(OCc4ccccc4Cl)c(OC)c3)c(=O)n2[C@H]1c1ccccc1OC(C)C. The van der Waals surface area contributed by atoms with Gasteiger partial charge in [0.25, 0.3) is 5.56 Å². The molecule has 0 radical (unpaired) electrons. The quantitative estimate of drug-likeness (QED) is 0.180. The van der Waals surface area contributed by atoms with E-state index in [1.807, 2.05) is 56.3 Å². The molecule has 0 aliphatic carbocycles. The highest BCUT2D eigenvalue weighted by molar-refractivity contribution is 7.07. The standard InChI is InChI=1S/C34H32Cl2N2O6S/c1-6-42-33(40)29-20(4)37-34-38(30(29)23-12-8-10-14-26(23)44-19(2)3)32(39)28(45-34)17-21-15-25(36)31(27(16-21)41-5)43-18-22-11-7-9-13-24(22)35/h7-17,19,30H,6,18H2,1-5H3/b28-17+/t30-/m0/s1. The van der Waals surface area contributed by atoms with Gasteiger partial charge in [0.1, 0.15) is 18.4 Å². The van der Waals surface area contributed by atoms with Gasteiger partial charge in [-0.1, -0.05) is 70.9 Å². The lowest BCUT2D eigenvalue weighted by atomic mass is 9.95. The van der Waals surface area contributed by atoms with Crippen LogP contribution in [-0.2, 0) is 16.1 Å². The summed E-state index contributed by atoms with van der Waals surface area (Å²) in [5.41, 5.74) is 2.49. The predicted molar refractivity (Wildman–Crippen MR) is 176 cm³/mol. The number of hydrogen-bond donors (Lipinski definition) is 0. The van der Waals surface area contributed by atoms with E-state index >= 15 is 0 Å². The van der Waals surface area contributed by atoms with Crippen LogP contribution in [0.3, 0.4) is 0 Å². The van der Waals surface area contributed by atoms with E-state index in [0.29, 0.717) is 53.5 Å². The molecular formula is C34H32Cl2N2O6S. The Morgan fingerprint density at radius 3 is 2.51 bits per heavy atom. The lowest BCUT2D eigenvalue weighted by Gasteiger charge is -2.26. The van der Waals surface area contributed by atoms with Gasteiger partial charge in [0.2, 0.25) is 0 Å². The molecular weight excluding hydrogens is 635 g/mol. The third-order valence-electron chi connectivity index (χ3n) is 6.97. The Balaban J connectivity index is 1.61. The number of methoxy groups -OCH3 is 1.